The maximum Gasteiger partial charge on any atom is 0.256 e. The Hall–Kier alpha value is -3.51. The SMILES string of the molecule is CCCN1C(=O)c2ccccc2C1Nc1ccc(C(=O)N2CCN(c3ccccc3Cl)CC2)cc1. The Kier molecular flexibility index (Phi) is 6.64. The highest BCUT2D eigenvalue weighted by molar-refractivity contribution is 6.33. The molecule has 180 valence electrons. The second kappa shape index (κ2) is 10.0. The normalized spacial score (nSPS) is 17.5. The minimum Gasteiger partial charge on any atom is -0.367 e. The number of para-hydroxylation sites is 1. The van der Waals surface area contributed by atoms with E-state index in [4.69, 9.17) is 11.6 Å². The molecule has 0 aromatic heterocycles. The number of amides is 2. The molecule has 2 aliphatic rings. The fourth-order valence-electron chi connectivity index (χ4n) is 4.91. The van der Waals surface area contributed by atoms with Gasteiger partial charge in [-0.3, -0.25) is 9.59 Å². The van der Waals surface area contributed by atoms with Gasteiger partial charge in [0.2, 0.25) is 0 Å². The zero-order valence-corrected chi connectivity index (χ0v) is 20.5. The van der Waals surface area contributed by atoms with Crippen LogP contribution in [0, 0.1) is 0 Å². The fourth-order valence-corrected chi connectivity index (χ4v) is 5.16. The molecule has 0 saturated carbocycles. The summed E-state index contributed by atoms with van der Waals surface area (Å²) in [5, 5.41) is 4.23. The maximum atomic E-state index is 13.1. The summed E-state index contributed by atoms with van der Waals surface area (Å²) in [7, 11) is 0. The first-order valence-corrected chi connectivity index (χ1v) is 12.5. The number of rotatable bonds is 6. The summed E-state index contributed by atoms with van der Waals surface area (Å²) in [6.45, 7) is 5.55. The molecule has 7 heteroatoms. The summed E-state index contributed by atoms with van der Waals surface area (Å²) in [5.41, 5.74) is 4.29. The van der Waals surface area contributed by atoms with E-state index in [1.807, 2.05) is 82.6 Å². The minimum atomic E-state index is -0.210. The summed E-state index contributed by atoms with van der Waals surface area (Å²) >= 11 is 6.34. The van der Waals surface area contributed by atoms with Crippen molar-refractivity contribution in [3.8, 4) is 0 Å². The van der Waals surface area contributed by atoms with Gasteiger partial charge in [0.15, 0.2) is 0 Å². The molecule has 2 aliphatic heterocycles. The van der Waals surface area contributed by atoms with E-state index in [-0.39, 0.29) is 18.0 Å². The Balaban J connectivity index is 1.24. The van der Waals surface area contributed by atoms with Crippen LogP contribution in [0.25, 0.3) is 0 Å². The van der Waals surface area contributed by atoms with E-state index >= 15 is 0 Å². The quantitative estimate of drug-likeness (QED) is 0.513. The predicted molar refractivity (Wildman–Crippen MR) is 140 cm³/mol. The molecule has 3 aromatic rings. The van der Waals surface area contributed by atoms with Crippen LogP contribution in [0.3, 0.4) is 0 Å². The summed E-state index contributed by atoms with van der Waals surface area (Å²) in [4.78, 5) is 32.0. The third kappa shape index (κ3) is 4.58. The van der Waals surface area contributed by atoms with Gasteiger partial charge in [-0.05, 0) is 48.9 Å². The third-order valence-electron chi connectivity index (χ3n) is 6.72. The number of nitrogens with one attached hydrogen (secondary N) is 1. The molecule has 1 saturated heterocycles. The number of anilines is 2. The van der Waals surface area contributed by atoms with Crippen LogP contribution in [-0.4, -0.2) is 54.3 Å². The molecule has 0 bridgehead atoms. The zero-order chi connectivity index (χ0) is 24.4. The van der Waals surface area contributed by atoms with Crippen molar-refractivity contribution in [3.05, 3.63) is 94.5 Å². The number of piperazine rings is 1. The number of nitrogens with zero attached hydrogens (tertiary/aromatic N) is 3. The van der Waals surface area contributed by atoms with Crippen LogP contribution in [0.15, 0.2) is 72.8 Å². The molecule has 1 fully saturated rings. The van der Waals surface area contributed by atoms with Crippen molar-refractivity contribution in [3.63, 3.8) is 0 Å². The smallest absolute Gasteiger partial charge is 0.256 e. The standard InChI is InChI=1S/C28H29ClN4O2/c1-2-15-33-26(22-7-3-4-8-23(22)28(33)35)30-21-13-11-20(12-14-21)27(34)32-18-16-31(17-19-32)25-10-6-5-9-24(25)29/h3-14,26,30H,2,15-19H2,1H3. The number of hydrogen-bond donors (Lipinski definition) is 1. The van der Waals surface area contributed by atoms with Crippen molar-refractivity contribution in [2.24, 2.45) is 0 Å². The highest BCUT2D eigenvalue weighted by Crippen LogP contribution is 2.34. The average molecular weight is 489 g/mol. The third-order valence-corrected chi connectivity index (χ3v) is 7.04. The molecule has 35 heavy (non-hydrogen) atoms. The molecular formula is C28H29ClN4O2. The number of hydrogen-bond acceptors (Lipinski definition) is 4. The largest absolute Gasteiger partial charge is 0.367 e. The van der Waals surface area contributed by atoms with Crippen molar-refractivity contribution >= 4 is 34.8 Å². The second-order valence-corrected chi connectivity index (χ2v) is 9.35. The molecule has 2 amide bonds. The maximum absolute atomic E-state index is 13.1. The van der Waals surface area contributed by atoms with E-state index in [1.165, 1.54) is 0 Å². The van der Waals surface area contributed by atoms with Gasteiger partial charge in [0.25, 0.3) is 11.8 Å². The van der Waals surface area contributed by atoms with Gasteiger partial charge in [-0.15, -0.1) is 0 Å². The van der Waals surface area contributed by atoms with E-state index in [0.717, 1.165) is 47.0 Å². The Bertz CT molecular complexity index is 1220. The number of carbonyl (C=O) groups excluding carboxylic acids is 2. The van der Waals surface area contributed by atoms with E-state index in [0.29, 0.717) is 25.2 Å². The molecule has 0 aliphatic carbocycles. The summed E-state index contributed by atoms with van der Waals surface area (Å²) in [6.07, 6.45) is 0.674. The van der Waals surface area contributed by atoms with E-state index < -0.39 is 0 Å². The fraction of sp³-hybridized carbons (Fsp3) is 0.286. The molecular weight excluding hydrogens is 460 g/mol. The van der Waals surface area contributed by atoms with Crippen LogP contribution < -0.4 is 10.2 Å². The molecule has 6 nitrogen and oxygen atoms in total. The molecule has 1 atom stereocenters. The topological polar surface area (TPSA) is 55.9 Å². The monoisotopic (exact) mass is 488 g/mol. The van der Waals surface area contributed by atoms with Crippen LogP contribution in [0.5, 0.6) is 0 Å². The average Bonchev–Trinajstić information content (AvgIpc) is 3.16. The first kappa shape index (κ1) is 23.2. The van der Waals surface area contributed by atoms with E-state index in [1.54, 1.807) is 0 Å². The van der Waals surface area contributed by atoms with Crippen LogP contribution in [0.2, 0.25) is 5.02 Å². The molecule has 1 unspecified atom stereocenters. The summed E-state index contributed by atoms with van der Waals surface area (Å²) < 4.78 is 0. The van der Waals surface area contributed by atoms with Crippen molar-refractivity contribution < 1.29 is 9.59 Å². The van der Waals surface area contributed by atoms with Gasteiger partial charge in [0, 0.05) is 55.1 Å². The van der Waals surface area contributed by atoms with Gasteiger partial charge in [-0.1, -0.05) is 48.9 Å². The first-order valence-electron chi connectivity index (χ1n) is 12.1. The van der Waals surface area contributed by atoms with Gasteiger partial charge >= 0.3 is 0 Å². The number of halogens is 1. The first-order chi connectivity index (χ1) is 17.1. The lowest BCUT2D eigenvalue weighted by molar-refractivity contribution is 0.0738. The van der Waals surface area contributed by atoms with Crippen LogP contribution in [0.1, 0.15) is 45.8 Å². The van der Waals surface area contributed by atoms with E-state index in [9.17, 15) is 9.59 Å². The second-order valence-electron chi connectivity index (χ2n) is 8.94. The Morgan fingerprint density at radius 2 is 1.63 bits per heavy atom. The summed E-state index contributed by atoms with van der Waals surface area (Å²) in [5.74, 6) is 0.0899. The van der Waals surface area contributed by atoms with Gasteiger partial charge in [0.05, 0.1) is 10.7 Å². The molecule has 3 aromatic carbocycles. The highest BCUT2D eigenvalue weighted by Gasteiger charge is 2.35. The lowest BCUT2D eigenvalue weighted by atomic mass is 10.1. The van der Waals surface area contributed by atoms with Crippen molar-refractivity contribution in [2.75, 3.05) is 42.9 Å². The Labute approximate surface area is 211 Å². The van der Waals surface area contributed by atoms with Crippen molar-refractivity contribution in [2.45, 2.75) is 19.5 Å². The predicted octanol–water partition coefficient (Wildman–Crippen LogP) is 5.28. The molecule has 2 heterocycles. The Morgan fingerprint density at radius 1 is 0.943 bits per heavy atom. The molecule has 5 rings (SSSR count). The Morgan fingerprint density at radius 3 is 2.34 bits per heavy atom. The van der Waals surface area contributed by atoms with Crippen LogP contribution in [0.4, 0.5) is 11.4 Å². The lowest BCUT2D eigenvalue weighted by Crippen LogP contribution is -2.48. The molecule has 0 spiro atoms. The van der Waals surface area contributed by atoms with Crippen molar-refractivity contribution in [1.29, 1.82) is 0 Å². The van der Waals surface area contributed by atoms with Crippen LogP contribution >= 0.6 is 11.6 Å². The number of fused-ring (bicyclic) bond motifs is 1. The van der Waals surface area contributed by atoms with E-state index in [2.05, 4.69) is 17.1 Å². The van der Waals surface area contributed by atoms with Gasteiger partial charge in [-0.25, -0.2) is 0 Å². The zero-order valence-electron chi connectivity index (χ0n) is 19.8. The van der Waals surface area contributed by atoms with Gasteiger partial charge in [-0.2, -0.15) is 0 Å². The molecule has 1 N–H and O–H groups in total. The summed E-state index contributed by atoms with van der Waals surface area (Å²) in [6, 6.07) is 23.1. The van der Waals surface area contributed by atoms with Crippen molar-refractivity contribution in [1.82, 2.24) is 9.80 Å². The van der Waals surface area contributed by atoms with Gasteiger partial charge < -0.3 is 20.0 Å². The lowest BCUT2D eigenvalue weighted by Gasteiger charge is -2.36. The number of benzene rings is 3. The number of carbonyl (C=O) groups is 2. The minimum absolute atomic E-state index is 0.0318. The molecule has 0 radical (unpaired) electrons. The highest BCUT2D eigenvalue weighted by atomic mass is 35.5. The van der Waals surface area contributed by atoms with Crippen LogP contribution in [-0.2, 0) is 0 Å². The van der Waals surface area contributed by atoms with Gasteiger partial charge in [0.1, 0.15) is 6.17 Å².